The van der Waals surface area contributed by atoms with Crippen LogP contribution in [0.15, 0.2) is 78.2 Å². The van der Waals surface area contributed by atoms with Crippen LogP contribution in [0.5, 0.6) is 17.2 Å². The van der Waals surface area contributed by atoms with Crippen LogP contribution in [0.2, 0.25) is 0 Å². The van der Waals surface area contributed by atoms with Crippen LogP contribution in [0, 0.1) is 21.4 Å². The van der Waals surface area contributed by atoms with Gasteiger partial charge < -0.3 is 19.9 Å². The molecule has 0 amide bonds. The van der Waals surface area contributed by atoms with Crippen molar-refractivity contribution in [1.29, 1.82) is 5.26 Å². The zero-order valence-electron chi connectivity index (χ0n) is 20.2. The van der Waals surface area contributed by atoms with Gasteiger partial charge in [0.15, 0.2) is 0 Å². The quantitative estimate of drug-likeness (QED) is 0.132. The van der Waals surface area contributed by atoms with Gasteiger partial charge in [0.05, 0.1) is 23.0 Å². The molecule has 0 aromatic heterocycles. The van der Waals surface area contributed by atoms with E-state index >= 15 is 0 Å². The number of nitriles is 1. The monoisotopic (exact) mass is 499 g/mol. The van der Waals surface area contributed by atoms with Crippen molar-refractivity contribution in [3.05, 3.63) is 105 Å². The Bertz CT molecular complexity index is 1390. The molecule has 0 radical (unpaired) electrons. The number of benzene rings is 3. The third kappa shape index (κ3) is 5.70. The van der Waals surface area contributed by atoms with E-state index in [1.807, 2.05) is 24.3 Å². The zero-order valence-corrected chi connectivity index (χ0v) is 20.2. The molecule has 9 heteroatoms. The molecule has 0 bridgehead atoms. The first-order valence-electron chi connectivity index (χ1n) is 11.8. The van der Waals surface area contributed by atoms with Crippen molar-refractivity contribution in [2.75, 3.05) is 6.61 Å². The molecule has 0 saturated carbocycles. The minimum Gasteiger partial charge on any atom is -0.494 e. The number of non-ortho nitro benzene ring substituents is 1. The molecule has 2 N–H and O–H groups in total. The summed E-state index contributed by atoms with van der Waals surface area (Å²) in [5.41, 5.74) is 7.67. The van der Waals surface area contributed by atoms with Gasteiger partial charge in [-0.05, 0) is 36.2 Å². The summed E-state index contributed by atoms with van der Waals surface area (Å²) in [6.45, 7) is 2.78. The van der Waals surface area contributed by atoms with Gasteiger partial charge in [0.25, 0.3) is 5.69 Å². The Morgan fingerprint density at radius 1 is 1.11 bits per heavy atom. The number of nitro groups is 1. The number of nitrogens with zero attached hydrogens (tertiary/aromatic N) is 2. The highest BCUT2D eigenvalue weighted by Crippen LogP contribution is 2.43. The number of allylic oxidation sites excluding steroid dienone is 1. The van der Waals surface area contributed by atoms with Gasteiger partial charge in [-0.25, -0.2) is 4.79 Å². The van der Waals surface area contributed by atoms with E-state index in [9.17, 15) is 20.2 Å². The van der Waals surface area contributed by atoms with E-state index in [1.54, 1.807) is 12.1 Å². The second-order valence-electron chi connectivity index (χ2n) is 8.45. The van der Waals surface area contributed by atoms with Gasteiger partial charge in [0.2, 0.25) is 5.88 Å². The number of rotatable bonds is 9. The van der Waals surface area contributed by atoms with Crippen LogP contribution >= 0.6 is 0 Å². The Hall–Kier alpha value is -4.84. The summed E-state index contributed by atoms with van der Waals surface area (Å²) in [6, 6.07) is 19.7. The minimum atomic E-state index is -0.758. The Kier molecular flexibility index (Phi) is 7.69. The van der Waals surface area contributed by atoms with Crippen LogP contribution in [0.4, 0.5) is 5.69 Å². The lowest BCUT2D eigenvalue weighted by atomic mass is 9.83. The Balaban J connectivity index is 1.57. The van der Waals surface area contributed by atoms with Crippen molar-refractivity contribution in [3.63, 3.8) is 0 Å². The molecule has 0 saturated heterocycles. The van der Waals surface area contributed by atoms with E-state index < -0.39 is 16.8 Å². The third-order valence-corrected chi connectivity index (χ3v) is 5.92. The maximum Gasteiger partial charge on any atom is 0.343 e. The zero-order chi connectivity index (χ0) is 26.4. The number of carbonyl (C=O) groups is 1. The molecule has 4 rings (SSSR count). The standard InChI is InChI=1S/C28H25N3O6/c1-2-3-4-14-35-21-10-8-18(9-11-21)26-23-13-12-22(16-25(23)37-27(30)24(26)17-29)36-28(32)19-6-5-7-20(15-19)31(33)34/h5-13,15-16,26H,2-4,14,30H2,1H3. The molecule has 0 spiro atoms. The highest BCUT2D eigenvalue weighted by atomic mass is 16.6. The van der Waals surface area contributed by atoms with Gasteiger partial charge in [-0.3, -0.25) is 10.1 Å². The fourth-order valence-corrected chi connectivity index (χ4v) is 4.05. The number of unbranched alkanes of at least 4 members (excludes halogenated alkanes) is 2. The first-order valence-corrected chi connectivity index (χ1v) is 11.8. The molecular weight excluding hydrogens is 474 g/mol. The summed E-state index contributed by atoms with van der Waals surface area (Å²) in [5, 5.41) is 20.8. The van der Waals surface area contributed by atoms with Crippen molar-refractivity contribution in [1.82, 2.24) is 0 Å². The normalized spacial score (nSPS) is 14.2. The van der Waals surface area contributed by atoms with Crippen molar-refractivity contribution < 1.29 is 23.9 Å². The minimum absolute atomic E-state index is 0.0360. The highest BCUT2D eigenvalue weighted by molar-refractivity contribution is 5.91. The number of nitrogens with two attached hydrogens (primary N) is 1. The van der Waals surface area contributed by atoms with Crippen molar-refractivity contribution in [3.8, 4) is 23.3 Å². The summed E-state index contributed by atoms with van der Waals surface area (Å²) in [5.74, 6) is -0.0342. The highest BCUT2D eigenvalue weighted by Gasteiger charge is 2.31. The SMILES string of the molecule is CCCCCOc1ccc(C2C(C#N)=C(N)Oc3cc(OC(=O)c4cccc([N+](=O)[O-])c4)ccc32)cc1. The molecule has 9 nitrogen and oxygen atoms in total. The van der Waals surface area contributed by atoms with E-state index in [2.05, 4.69) is 13.0 Å². The first kappa shape index (κ1) is 25.3. The molecule has 1 atom stereocenters. The van der Waals surface area contributed by atoms with E-state index in [0.29, 0.717) is 17.9 Å². The smallest absolute Gasteiger partial charge is 0.343 e. The van der Waals surface area contributed by atoms with Gasteiger partial charge in [-0.15, -0.1) is 0 Å². The van der Waals surface area contributed by atoms with Crippen molar-refractivity contribution >= 4 is 11.7 Å². The molecular formula is C28H25N3O6. The molecule has 0 aliphatic carbocycles. The van der Waals surface area contributed by atoms with Gasteiger partial charge in [-0.2, -0.15) is 5.26 Å². The molecule has 37 heavy (non-hydrogen) atoms. The van der Waals surface area contributed by atoms with Crippen LogP contribution < -0.4 is 19.9 Å². The van der Waals surface area contributed by atoms with Crippen molar-refractivity contribution in [2.24, 2.45) is 5.73 Å². The molecule has 1 heterocycles. The van der Waals surface area contributed by atoms with E-state index in [1.165, 1.54) is 24.3 Å². The largest absolute Gasteiger partial charge is 0.494 e. The fourth-order valence-electron chi connectivity index (χ4n) is 4.05. The number of hydrogen-bond donors (Lipinski definition) is 1. The number of ether oxygens (including phenoxy) is 3. The van der Waals surface area contributed by atoms with Crippen LogP contribution in [0.3, 0.4) is 0 Å². The van der Waals surface area contributed by atoms with Gasteiger partial charge in [-0.1, -0.05) is 44.0 Å². The average Bonchev–Trinajstić information content (AvgIpc) is 2.90. The van der Waals surface area contributed by atoms with Gasteiger partial charge >= 0.3 is 5.97 Å². The Morgan fingerprint density at radius 3 is 2.57 bits per heavy atom. The lowest BCUT2D eigenvalue weighted by Gasteiger charge is -2.26. The number of carbonyl (C=O) groups excluding carboxylic acids is 1. The fraction of sp³-hybridized carbons (Fsp3) is 0.214. The van der Waals surface area contributed by atoms with Gasteiger partial charge in [0, 0.05) is 23.8 Å². The van der Waals surface area contributed by atoms with E-state index in [0.717, 1.165) is 36.6 Å². The molecule has 1 aliphatic heterocycles. The lowest BCUT2D eigenvalue weighted by Crippen LogP contribution is -2.21. The Labute approximate surface area is 213 Å². The maximum atomic E-state index is 12.6. The van der Waals surface area contributed by atoms with Crippen LogP contribution in [-0.4, -0.2) is 17.5 Å². The summed E-state index contributed by atoms with van der Waals surface area (Å²) in [6.07, 6.45) is 3.21. The molecule has 3 aromatic rings. The van der Waals surface area contributed by atoms with Crippen molar-refractivity contribution in [2.45, 2.75) is 32.1 Å². The summed E-state index contributed by atoms with van der Waals surface area (Å²) in [7, 11) is 0. The number of fused-ring (bicyclic) bond motifs is 1. The maximum absolute atomic E-state index is 12.6. The third-order valence-electron chi connectivity index (χ3n) is 5.92. The Morgan fingerprint density at radius 2 is 1.86 bits per heavy atom. The molecule has 188 valence electrons. The van der Waals surface area contributed by atoms with E-state index in [4.69, 9.17) is 19.9 Å². The molecule has 1 unspecified atom stereocenters. The molecule has 3 aromatic carbocycles. The summed E-state index contributed by atoms with van der Waals surface area (Å²) >= 11 is 0. The second-order valence-corrected chi connectivity index (χ2v) is 8.45. The molecule has 0 fully saturated rings. The van der Waals surface area contributed by atoms with Crippen LogP contribution in [-0.2, 0) is 0 Å². The summed E-state index contributed by atoms with van der Waals surface area (Å²) < 4.78 is 16.9. The number of nitro benzene ring substituents is 1. The first-order chi connectivity index (χ1) is 17.9. The predicted octanol–water partition coefficient (Wildman–Crippen LogP) is 5.60. The van der Waals surface area contributed by atoms with Crippen LogP contribution in [0.25, 0.3) is 0 Å². The van der Waals surface area contributed by atoms with Crippen LogP contribution in [0.1, 0.15) is 53.6 Å². The lowest BCUT2D eigenvalue weighted by molar-refractivity contribution is -0.384. The summed E-state index contributed by atoms with van der Waals surface area (Å²) in [4.78, 5) is 23.0. The van der Waals surface area contributed by atoms with Gasteiger partial charge in [0.1, 0.15) is 28.9 Å². The van der Waals surface area contributed by atoms with E-state index in [-0.39, 0.29) is 28.5 Å². The average molecular weight is 500 g/mol. The number of hydrogen-bond acceptors (Lipinski definition) is 8. The topological polar surface area (TPSA) is 138 Å². The number of esters is 1. The predicted molar refractivity (Wildman–Crippen MR) is 135 cm³/mol. The molecule has 1 aliphatic rings. The second kappa shape index (κ2) is 11.3.